The summed E-state index contributed by atoms with van der Waals surface area (Å²) in [6.45, 7) is 20.6. The van der Waals surface area contributed by atoms with Crippen LogP contribution in [0.3, 0.4) is 0 Å². The SMILES string of the molecule is CCN(c1ccccc1)c1ccccc1[CH]=[Ru]([Cl])[Cl].Cc1cc(C)c(N2[CH-]N(c3c(C)cc(C)cc3C)CC2)c(C)c1. The minimum Gasteiger partial charge on any atom is -0.502 e. The Morgan fingerprint density at radius 3 is 1.62 bits per heavy atom. The molecule has 0 saturated carbocycles. The van der Waals surface area contributed by atoms with Crippen molar-refractivity contribution in [3.05, 3.63) is 124 Å². The zero-order valence-corrected chi connectivity index (χ0v) is 29.0. The third-order valence-corrected chi connectivity index (χ3v) is 9.34. The summed E-state index contributed by atoms with van der Waals surface area (Å²) in [4.78, 5) is 7.07. The fourth-order valence-corrected chi connectivity index (χ4v) is 7.91. The van der Waals surface area contributed by atoms with Crippen molar-refractivity contribution in [3.8, 4) is 0 Å². The third-order valence-electron chi connectivity index (χ3n) is 7.50. The first-order valence-corrected chi connectivity index (χ1v) is 19.9. The molecule has 1 fully saturated rings. The summed E-state index contributed by atoms with van der Waals surface area (Å²) in [5.74, 6) is 0. The van der Waals surface area contributed by atoms with Crippen molar-refractivity contribution in [1.29, 1.82) is 0 Å². The van der Waals surface area contributed by atoms with E-state index in [2.05, 4.69) is 118 Å². The number of rotatable bonds is 6. The fourth-order valence-electron chi connectivity index (χ4n) is 6.09. The number of nitrogens with zero attached hydrogens (tertiary/aromatic N) is 3. The van der Waals surface area contributed by atoms with Crippen molar-refractivity contribution in [2.24, 2.45) is 0 Å². The molecule has 6 heteroatoms. The monoisotopic (exact) mass is 688 g/mol. The molecule has 1 heterocycles. The van der Waals surface area contributed by atoms with Crippen LogP contribution >= 0.6 is 19.4 Å². The second kappa shape index (κ2) is 14.7. The molecule has 4 aromatic rings. The Labute approximate surface area is 266 Å². The Balaban J connectivity index is 0.000000197. The van der Waals surface area contributed by atoms with Gasteiger partial charge < -0.3 is 9.80 Å². The number of para-hydroxylation sites is 2. The quantitative estimate of drug-likeness (QED) is 0.148. The molecular formula is C36H42Cl2N3Ru-. The van der Waals surface area contributed by atoms with E-state index in [9.17, 15) is 0 Å². The van der Waals surface area contributed by atoms with Crippen LogP contribution in [0.1, 0.15) is 45.9 Å². The molecule has 0 radical (unpaired) electrons. The van der Waals surface area contributed by atoms with Gasteiger partial charge in [0, 0.05) is 24.5 Å². The predicted octanol–water partition coefficient (Wildman–Crippen LogP) is 9.90. The summed E-state index contributed by atoms with van der Waals surface area (Å²) in [5, 5.41) is 0. The predicted molar refractivity (Wildman–Crippen MR) is 183 cm³/mol. The molecule has 224 valence electrons. The minimum atomic E-state index is -1.82. The molecule has 0 bridgehead atoms. The van der Waals surface area contributed by atoms with Crippen molar-refractivity contribution in [2.45, 2.75) is 48.5 Å². The summed E-state index contributed by atoms with van der Waals surface area (Å²) in [6, 6.07) is 27.7. The Morgan fingerprint density at radius 1 is 0.714 bits per heavy atom. The normalized spacial score (nSPS) is 13.0. The van der Waals surface area contributed by atoms with Gasteiger partial charge in [0.05, 0.1) is 0 Å². The summed E-state index contributed by atoms with van der Waals surface area (Å²) in [6.07, 6.45) is 0. The van der Waals surface area contributed by atoms with Gasteiger partial charge in [0.1, 0.15) is 0 Å². The third kappa shape index (κ3) is 7.84. The molecule has 3 nitrogen and oxygen atoms in total. The Bertz CT molecular complexity index is 1440. The van der Waals surface area contributed by atoms with Crippen LogP contribution in [-0.2, 0) is 13.5 Å². The van der Waals surface area contributed by atoms with E-state index in [4.69, 9.17) is 19.4 Å². The Morgan fingerprint density at radius 2 is 1.17 bits per heavy atom. The number of anilines is 4. The van der Waals surface area contributed by atoms with Crippen LogP contribution in [-0.4, -0.2) is 24.2 Å². The maximum Gasteiger partial charge on any atom is 0.0146 e. The fraction of sp³-hybridized carbons (Fsp3) is 0.278. The first-order chi connectivity index (χ1) is 20.1. The van der Waals surface area contributed by atoms with Crippen molar-refractivity contribution in [1.82, 2.24) is 0 Å². The standard InChI is InChI=1S/C21H27N2.C15H15N.2ClH.Ru/c1-14-9-16(3)20(17(4)10-14)22-7-8-23(13-22)21-18(5)11-15(2)12-19(21)6;1-3-16(14-10-5-4-6-11-14)15-12-8-7-9-13(15)2;;;/h9-13H,7-8H2,1-6H3;2,4-12H,3H2,1H3;2*1H;/q-1;;;;+2/p-2. The maximum absolute atomic E-state index is 6.01. The smallest absolute Gasteiger partial charge is 0.0146 e. The van der Waals surface area contributed by atoms with Gasteiger partial charge >= 0.3 is 127 Å². The van der Waals surface area contributed by atoms with Crippen molar-refractivity contribution in [3.63, 3.8) is 0 Å². The summed E-state index contributed by atoms with van der Waals surface area (Å²) in [7, 11) is 12.0. The van der Waals surface area contributed by atoms with E-state index in [0.29, 0.717) is 0 Å². The van der Waals surface area contributed by atoms with Gasteiger partial charge in [-0.3, -0.25) is 0 Å². The van der Waals surface area contributed by atoms with E-state index in [1.165, 1.54) is 50.4 Å². The van der Waals surface area contributed by atoms with Gasteiger partial charge in [0.15, 0.2) is 0 Å². The minimum absolute atomic E-state index is 0.895. The molecule has 5 rings (SSSR count). The van der Waals surface area contributed by atoms with Crippen LogP contribution in [0.25, 0.3) is 0 Å². The van der Waals surface area contributed by atoms with Crippen molar-refractivity contribution >= 4 is 46.7 Å². The van der Waals surface area contributed by atoms with Crippen molar-refractivity contribution < 1.29 is 13.5 Å². The zero-order valence-electron chi connectivity index (χ0n) is 25.7. The van der Waals surface area contributed by atoms with Crippen LogP contribution in [0.15, 0.2) is 78.9 Å². The van der Waals surface area contributed by atoms with Gasteiger partial charge in [0.25, 0.3) is 0 Å². The van der Waals surface area contributed by atoms with E-state index in [1.54, 1.807) is 0 Å². The average molecular weight is 689 g/mol. The molecule has 0 aromatic heterocycles. The van der Waals surface area contributed by atoms with Gasteiger partial charge in [-0.25, -0.2) is 0 Å². The molecule has 0 unspecified atom stereocenters. The molecule has 1 aliphatic rings. The van der Waals surface area contributed by atoms with E-state index in [1.807, 2.05) is 34.9 Å². The van der Waals surface area contributed by atoms with Crippen molar-refractivity contribution in [2.75, 3.05) is 34.3 Å². The number of hydrogen-bond donors (Lipinski definition) is 0. The van der Waals surface area contributed by atoms with E-state index < -0.39 is 13.5 Å². The van der Waals surface area contributed by atoms with Crippen LogP contribution in [0.5, 0.6) is 0 Å². The summed E-state index contributed by atoms with van der Waals surface area (Å²) >= 11 is -1.82. The molecule has 1 saturated heterocycles. The topological polar surface area (TPSA) is 9.72 Å². The van der Waals surface area contributed by atoms with Crippen LogP contribution in [0.4, 0.5) is 22.7 Å². The first-order valence-electron chi connectivity index (χ1n) is 14.4. The second-order valence-corrected chi connectivity index (χ2v) is 16.7. The number of hydrogen-bond acceptors (Lipinski definition) is 3. The largest absolute Gasteiger partial charge is 0.502 e. The number of aryl methyl sites for hydroxylation is 6. The number of benzene rings is 4. The van der Waals surface area contributed by atoms with Gasteiger partial charge in [-0.2, -0.15) is 6.67 Å². The summed E-state index contributed by atoms with van der Waals surface area (Å²) < 4.78 is 1.99. The molecular weight excluding hydrogens is 646 g/mol. The van der Waals surface area contributed by atoms with Gasteiger partial charge in [-0.05, 0) is 63.8 Å². The molecule has 0 amide bonds. The molecule has 0 aliphatic carbocycles. The van der Waals surface area contributed by atoms with E-state index >= 15 is 0 Å². The molecule has 1 aliphatic heterocycles. The molecule has 4 aromatic carbocycles. The molecule has 0 atom stereocenters. The first kappa shape index (κ1) is 32.3. The van der Waals surface area contributed by atoms with Gasteiger partial charge in [0.2, 0.25) is 0 Å². The zero-order chi connectivity index (χ0) is 30.4. The van der Waals surface area contributed by atoms with Gasteiger partial charge in [-0.15, -0.1) is 0 Å². The molecule has 0 N–H and O–H groups in total. The maximum atomic E-state index is 6.01. The Kier molecular flexibility index (Phi) is 11.3. The van der Waals surface area contributed by atoms with E-state index in [-0.39, 0.29) is 0 Å². The van der Waals surface area contributed by atoms with Crippen LogP contribution in [0.2, 0.25) is 0 Å². The number of halogens is 2. The summed E-state index contributed by atoms with van der Waals surface area (Å²) in [5.41, 5.74) is 14.3. The van der Waals surface area contributed by atoms with Crippen LogP contribution in [0, 0.1) is 48.2 Å². The average Bonchev–Trinajstić information content (AvgIpc) is 3.38. The van der Waals surface area contributed by atoms with E-state index in [0.717, 1.165) is 30.9 Å². The second-order valence-electron chi connectivity index (χ2n) is 10.9. The molecule has 42 heavy (non-hydrogen) atoms. The van der Waals surface area contributed by atoms with Crippen LogP contribution < -0.4 is 14.7 Å². The molecule has 0 spiro atoms. The Hall–Kier alpha value is -2.65. The van der Waals surface area contributed by atoms with Gasteiger partial charge in [-0.1, -0.05) is 35.4 Å².